The second kappa shape index (κ2) is 6.60. The molecule has 0 N–H and O–H groups in total. The Hall–Kier alpha value is -0.770. The van der Waals surface area contributed by atoms with Crippen molar-refractivity contribution in [3.63, 3.8) is 0 Å². The van der Waals surface area contributed by atoms with E-state index in [2.05, 4.69) is 29.8 Å². The number of alkyl halides is 1. The zero-order chi connectivity index (χ0) is 13.8. The van der Waals surface area contributed by atoms with Crippen LogP contribution in [0.25, 0.3) is 0 Å². The summed E-state index contributed by atoms with van der Waals surface area (Å²) in [6, 6.07) is 4.19. The van der Waals surface area contributed by atoms with Crippen LogP contribution in [-0.2, 0) is 11.3 Å². The number of hydrogen-bond acceptors (Lipinski definition) is 2. The fourth-order valence-electron chi connectivity index (χ4n) is 2.62. The monoisotopic (exact) mass is 327 g/mol. The molecule has 1 atom stereocenters. The van der Waals surface area contributed by atoms with Gasteiger partial charge in [0.2, 0.25) is 5.91 Å². The van der Waals surface area contributed by atoms with Gasteiger partial charge in [-0.05, 0) is 30.9 Å². The number of furan rings is 1. The highest BCUT2D eigenvalue weighted by Crippen LogP contribution is 2.28. The fraction of sp³-hybridized carbons (Fsp3) is 0.667. The maximum Gasteiger partial charge on any atom is 0.237 e. The molecular formula is C15H22BrNO2. The van der Waals surface area contributed by atoms with Crippen LogP contribution < -0.4 is 0 Å². The van der Waals surface area contributed by atoms with Gasteiger partial charge in [-0.15, -0.1) is 0 Å². The highest BCUT2D eigenvalue weighted by molar-refractivity contribution is 9.10. The lowest BCUT2D eigenvalue weighted by Crippen LogP contribution is -2.43. The van der Waals surface area contributed by atoms with Crippen LogP contribution in [0, 0.1) is 5.92 Å². The van der Waals surface area contributed by atoms with Gasteiger partial charge in [0.15, 0.2) is 0 Å². The number of carbonyl (C=O) groups excluding carboxylic acids is 1. The summed E-state index contributed by atoms with van der Waals surface area (Å²) in [4.78, 5) is 14.5. The summed E-state index contributed by atoms with van der Waals surface area (Å²) in [5, 5.41) is 0. The predicted octanol–water partition coefficient (Wildman–Crippen LogP) is 3.97. The van der Waals surface area contributed by atoms with Gasteiger partial charge in [0.1, 0.15) is 5.76 Å². The Bertz CT molecular complexity index is 396. The molecule has 0 aliphatic heterocycles. The highest BCUT2D eigenvalue weighted by Gasteiger charge is 2.32. The van der Waals surface area contributed by atoms with Crippen molar-refractivity contribution >= 4 is 21.8 Å². The van der Waals surface area contributed by atoms with Crippen molar-refractivity contribution in [3.8, 4) is 0 Å². The van der Waals surface area contributed by atoms with E-state index in [1.165, 1.54) is 12.8 Å². The molecule has 1 fully saturated rings. The van der Waals surface area contributed by atoms with Crippen molar-refractivity contribution in [1.82, 2.24) is 4.90 Å². The van der Waals surface area contributed by atoms with E-state index in [9.17, 15) is 4.79 Å². The first-order chi connectivity index (χ1) is 9.09. The van der Waals surface area contributed by atoms with Gasteiger partial charge in [-0.2, -0.15) is 0 Å². The van der Waals surface area contributed by atoms with Gasteiger partial charge in [0.05, 0.1) is 17.6 Å². The molecule has 1 aliphatic carbocycles. The normalized spacial score (nSPS) is 17.9. The number of rotatable bonds is 5. The predicted molar refractivity (Wildman–Crippen MR) is 79.1 cm³/mol. The third-order valence-corrected chi connectivity index (χ3v) is 5.23. The van der Waals surface area contributed by atoms with Crippen LogP contribution >= 0.6 is 15.9 Å². The molecule has 1 heterocycles. The maximum absolute atomic E-state index is 12.6. The minimum Gasteiger partial charge on any atom is -0.467 e. The third-order valence-electron chi connectivity index (χ3n) is 3.78. The molecule has 0 radical (unpaired) electrons. The van der Waals surface area contributed by atoms with Crippen LogP contribution in [0.4, 0.5) is 0 Å². The Kier molecular flexibility index (Phi) is 5.08. The van der Waals surface area contributed by atoms with Gasteiger partial charge in [0, 0.05) is 6.04 Å². The van der Waals surface area contributed by atoms with Gasteiger partial charge >= 0.3 is 0 Å². The average Bonchev–Trinajstić information content (AvgIpc) is 3.06. The minimum atomic E-state index is -0.108. The van der Waals surface area contributed by atoms with E-state index in [-0.39, 0.29) is 10.7 Å². The SMILES string of the molecule is CC(C)C(Br)C(=O)N(Cc1ccco1)C1CCCC1. The molecule has 2 rings (SSSR count). The van der Waals surface area contributed by atoms with Crippen molar-refractivity contribution in [1.29, 1.82) is 0 Å². The lowest BCUT2D eigenvalue weighted by atomic mass is 10.1. The van der Waals surface area contributed by atoms with Crippen LogP contribution in [-0.4, -0.2) is 21.7 Å². The summed E-state index contributed by atoms with van der Waals surface area (Å²) in [6.07, 6.45) is 6.34. The van der Waals surface area contributed by atoms with E-state index in [1.54, 1.807) is 6.26 Å². The van der Waals surface area contributed by atoms with Crippen LogP contribution in [0.2, 0.25) is 0 Å². The summed E-state index contributed by atoms with van der Waals surface area (Å²) in [6.45, 7) is 4.72. The molecule has 106 valence electrons. The van der Waals surface area contributed by atoms with E-state index in [1.807, 2.05) is 17.0 Å². The Morgan fingerprint density at radius 1 is 1.47 bits per heavy atom. The van der Waals surface area contributed by atoms with Crippen molar-refractivity contribution in [3.05, 3.63) is 24.2 Å². The number of hydrogen-bond donors (Lipinski definition) is 0. The van der Waals surface area contributed by atoms with Crippen LogP contribution in [0.15, 0.2) is 22.8 Å². The largest absolute Gasteiger partial charge is 0.467 e. The Labute approximate surface area is 123 Å². The molecule has 1 unspecified atom stereocenters. The Morgan fingerprint density at radius 2 is 2.16 bits per heavy atom. The standard InChI is InChI=1S/C15H22BrNO2/c1-11(2)14(16)15(18)17(12-6-3-4-7-12)10-13-8-5-9-19-13/h5,8-9,11-12,14H,3-4,6-7,10H2,1-2H3. The molecule has 0 saturated heterocycles. The molecule has 3 nitrogen and oxygen atoms in total. The molecule has 1 saturated carbocycles. The summed E-state index contributed by atoms with van der Waals surface area (Å²) in [5.74, 6) is 1.36. The topological polar surface area (TPSA) is 33.5 Å². The van der Waals surface area contributed by atoms with Gasteiger partial charge in [-0.3, -0.25) is 4.79 Å². The second-order valence-corrected chi connectivity index (χ2v) is 6.62. The van der Waals surface area contributed by atoms with Crippen molar-refractivity contribution in [2.45, 2.75) is 56.9 Å². The summed E-state index contributed by atoms with van der Waals surface area (Å²) >= 11 is 3.54. The first-order valence-electron chi connectivity index (χ1n) is 7.06. The van der Waals surface area contributed by atoms with Crippen LogP contribution in [0.1, 0.15) is 45.3 Å². The highest BCUT2D eigenvalue weighted by atomic mass is 79.9. The number of halogens is 1. The van der Waals surface area contributed by atoms with E-state index in [4.69, 9.17) is 4.42 Å². The van der Waals surface area contributed by atoms with Crippen LogP contribution in [0.5, 0.6) is 0 Å². The minimum absolute atomic E-state index is 0.108. The number of carbonyl (C=O) groups is 1. The molecule has 1 aromatic rings. The Balaban J connectivity index is 2.11. The van der Waals surface area contributed by atoms with Gasteiger partial charge < -0.3 is 9.32 Å². The molecule has 1 aromatic heterocycles. The Morgan fingerprint density at radius 3 is 2.68 bits per heavy atom. The van der Waals surface area contributed by atoms with Crippen molar-refractivity contribution in [2.24, 2.45) is 5.92 Å². The fourth-order valence-corrected chi connectivity index (χ4v) is 2.88. The van der Waals surface area contributed by atoms with Crippen LogP contribution in [0.3, 0.4) is 0 Å². The first kappa shape index (κ1) is 14.6. The molecule has 4 heteroatoms. The van der Waals surface area contributed by atoms with Crippen molar-refractivity contribution in [2.75, 3.05) is 0 Å². The second-order valence-electron chi connectivity index (χ2n) is 5.63. The summed E-state index contributed by atoms with van der Waals surface area (Å²) < 4.78 is 5.40. The van der Waals surface area contributed by atoms with E-state index >= 15 is 0 Å². The molecule has 1 amide bonds. The molecule has 0 bridgehead atoms. The van der Waals surface area contributed by atoms with E-state index in [0.717, 1.165) is 18.6 Å². The van der Waals surface area contributed by atoms with E-state index in [0.29, 0.717) is 18.5 Å². The third kappa shape index (κ3) is 3.62. The lowest BCUT2D eigenvalue weighted by molar-refractivity contribution is -0.134. The zero-order valence-electron chi connectivity index (χ0n) is 11.6. The smallest absolute Gasteiger partial charge is 0.237 e. The molecule has 0 aromatic carbocycles. The quantitative estimate of drug-likeness (QED) is 0.766. The molecule has 1 aliphatic rings. The van der Waals surface area contributed by atoms with Gasteiger partial charge in [0.25, 0.3) is 0 Å². The summed E-state index contributed by atoms with van der Waals surface area (Å²) in [5.41, 5.74) is 0. The number of nitrogens with zero attached hydrogens (tertiary/aromatic N) is 1. The maximum atomic E-state index is 12.6. The first-order valence-corrected chi connectivity index (χ1v) is 7.98. The zero-order valence-corrected chi connectivity index (χ0v) is 13.2. The van der Waals surface area contributed by atoms with E-state index < -0.39 is 0 Å². The molecule has 19 heavy (non-hydrogen) atoms. The summed E-state index contributed by atoms with van der Waals surface area (Å²) in [7, 11) is 0. The lowest BCUT2D eigenvalue weighted by Gasteiger charge is -2.31. The van der Waals surface area contributed by atoms with Gasteiger partial charge in [-0.25, -0.2) is 0 Å². The average molecular weight is 328 g/mol. The number of amides is 1. The van der Waals surface area contributed by atoms with Crippen molar-refractivity contribution < 1.29 is 9.21 Å². The van der Waals surface area contributed by atoms with Gasteiger partial charge in [-0.1, -0.05) is 42.6 Å². The molecule has 0 spiro atoms. The molecular weight excluding hydrogens is 306 g/mol.